The highest BCUT2D eigenvalue weighted by molar-refractivity contribution is 7.89. The average Bonchev–Trinajstić information content (AvgIpc) is 3.01. The van der Waals surface area contributed by atoms with E-state index in [1.54, 1.807) is 0 Å². The average molecular weight is 418 g/mol. The molecular weight excluding hydrogens is 393 g/mol. The molecule has 1 heterocycles. The van der Waals surface area contributed by atoms with Gasteiger partial charge in [0.25, 0.3) is 0 Å². The van der Waals surface area contributed by atoms with Crippen LogP contribution in [0.4, 0.5) is 13.2 Å². The minimum Gasteiger partial charge on any atom is -0.352 e. The van der Waals surface area contributed by atoms with Crippen LogP contribution in [0.2, 0.25) is 0 Å². The van der Waals surface area contributed by atoms with Crippen LogP contribution in [-0.4, -0.2) is 37.3 Å². The number of benzene rings is 1. The summed E-state index contributed by atoms with van der Waals surface area (Å²) in [6.07, 6.45) is 1.91. The van der Waals surface area contributed by atoms with Gasteiger partial charge in [0.2, 0.25) is 15.9 Å². The molecule has 1 saturated carbocycles. The highest BCUT2D eigenvalue weighted by Crippen LogP contribution is 2.37. The first-order valence-electron chi connectivity index (χ1n) is 9.69. The maximum absolute atomic E-state index is 13.3. The third kappa shape index (κ3) is 4.51. The van der Waals surface area contributed by atoms with Crippen LogP contribution in [0.1, 0.15) is 56.9 Å². The fourth-order valence-corrected chi connectivity index (χ4v) is 5.93. The van der Waals surface area contributed by atoms with Crippen molar-refractivity contribution < 1.29 is 26.4 Å². The maximum atomic E-state index is 13.3. The van der Waals surface area contributed by atoms with Gasteiger partial charge in [0, 0.05) is 12.6 Å². The summed E-state index contributed by atoms with van der Waals surface area (Å²) in [6, 6.07) is 3.17. The van der Waals surface area contributed by atoms with Crippen molar-refractivity contribution in [2.45, 2.75) is 74.5 Å². The van der Waals surface area contributed by atoms with Crippen LogP contribution < -0.4 is 5.32 Å². The van der Waals surface area contributed by atoms with Crippen molar-refractivity contribution in [3.63, 3.8) is 0 Å². The molecule has 1 amide bonds. The van der Waals surface area contributed by atoms with Gasteiger partial charge >= 0.3 is 6.18 Å². The first-order chi connectivity index (χ1) is 13.2. The Hall–Kier alpha value is -1.61. The molecule has 156 valence electrons. The molecule has 1 aliphatic heterocycles. The highest BCUT2D eigenvalue weighted by Gasteiger charge is 2.44. The number of halogens is 3. The molecule has 9 heteroatoms. The van der Waals surface area contributed by atoms with Crippen LogP contribution in [0.15, 0.2) is 29.2 Å². The molecular formula is C19H25F3N2O3S. The van der Waals surface area contributed by atoms with E-state index >= 15 is 0 Å². The summed E-state index contributed by atoms with van der Waals surface area (Å²) >= 11 is 0. The molecule has 1 saturated heterocycles. The number of hydrogen-bond donors (Lipinski definition) is 1. The maximum Gasteiger partial charge on any atom is 0.417 e. The van der Waals surface area contributed by atoms with E-state index in [9.17, 15) is 26.4 Å². The second-order valence-corrected chi connectivity index (χ2v) is 9.32. The molecule has 2 aliphatic rings. The van der Waals surface area contributed by atoms with Gasteiger partial charge in [-0.2, -0.15) is 17.5 Å². The Bertz CT molecular complexity index is 803. The lowest BCUT2D eigenvalue weighted by atomic mass is 10.1. The summed E-state index contributed by atoms with van der Waals surface area (Å²) in [5.41, 5.74) is -1.20. The number of hydrogen-bond acceptors (Lipinski definition) is 3. The molecule has 1 aromatic carbocycles. The SMILES string of the molecule is O=C(NC1CCCCCC1)[C@@H]1CCCN1S(=O)(=O)c1ccccc1C(F)(F)F. The van der Waals surface area contributed by atoms with Crippen LogP contribution in [-0.2, 0) is 21.0 Å². The number of nitrogens with one attached hydrogen (secondary N) is 1. The van der Waals surface area contributed by atoms with Crippen molar-refractivity contribution in [2.24, 2.45) is 0 Å². The van der Waals surface area contributed by atoms with Crippen LogP contribution in [0.25, 0.3) is 0 Å². The second-order valence-electron chi connectivity index (χ2n) is 7.46. The zero-order valence-corrected chi connectivity index (χ0v) is 16.4. The van der Waals surface area contributed by atoms with Crippen LogP contribution >= 0.6 is 0 Å². The molecule has 2 fully saturated rings. The molecule has 1 atom stereocenters. The van der Waals surface area contributed by atoms with Gasteiger partial charge in [0.1, 0.15) is 6.04 Å². The molecule has 0 radical (unpaired) electrons. The summed E-state index contributed by atoms with van der Waals surface area (Å²) in [5.74, 6) is -0.405. The molecule has 0 aromatic heterocycles. The van der Waals surface area contributed by atoms with Crippen LogP contribution in [0, 0.1) is 0 Å². The minimum atomic E-state index is -4.79. The number of carbonyl (C=O) groups excluding carboxylic acids is 1. The minimum absolute atomic E-state index is 0.00242. The van der Waals surface area contributed by atoms with E-state index in [0.717, 1.165) is 61.0 Å². The molecule has 1 N–H and O–H groups in total. The van der Waals surface area contributed by atoms with Crippen molar-refractivity contribution in [3.05, 3.63) is 29.8 Å². The van der Waals surface area contributed by atoms with Gasteiger partial charge in [0.15, 0.2) is 0 Å². The summed E-state index contributed by atoms with van der Waals surface area (Å²) in [5, 5.41) is 2.93. The van der Waals surface area contributed by atoms with Gasteiger partial charge in [-0.15, -0.1) is 0 Å². The lowest BCUT2D eigenvalue weighted by Gasteiger charge is -2.26. The lowest BCUT2D eigenvalue weighted by Crippen LogP contribution is -2.48. The van der Waals surface area contributed by atoms with Crippen molar-refractivity contribution in [1.29, 1.82) is 0 Å². The topological polar surface area (TPSA) is 66.5 Å². The van der Waals surface area contributed by atoms with Gasteiger partial charge in [-0.25, -0.2) is 8.42 Å². The van der Waals surface area contributed by atoms with E-state index in [1.165, 1.54) is 6.07 Å². The molecule has 28 heavy (non-hydrogen) atoms. The largest absolute Gasteiger partial charge is 0.417 e. The van der Waals surface area contributed by atoms with Gasteiger partial charge in [-0.05, 0) is 37.8 Å². The van der Waals surface area contributed by atoms with Crippen molar-refractivity contribution in [1.82, 2.24) is 9.62 Å². The zero-order chi connectivity index (χ0) is 20.4. The number of amides is 1. The number of nitrogens with zero attached hydrogens (tertiary/aromatic N) is 1. The first kappa shape index (κ1) is 21.1. The third-order valence-corrected chi connectivity index (χ3v) is 7.45. The van der Waals surface area contributed by atoms with E-state index in [1.807, 2.05) is 0 Å². The molecule has 0 spiro atoms. The zero-order valence-electron chi connectivity index (χ0n) is 15.5. The molecule has 3 rings (SSSR count). The Labute approximate surface area is 163 Å². The molecule has 1 aliphatic carbocycles. The van der Waals surface area contributed by atoms with E-state index in [-0.39, 0.29) is 12.6 Å². The molecule has 0 bridgehead atoms. The summed E-state index contributed by atoms with van der Waals surface area (Å²) < 4.78 is 66.9. The van der Waals surface area contributed by atoms with Gasteiger partial charge in [0.05, 0.1) is 10.5 Å². The summed E-state index contributed by atoms with van der Waals surface area (Å²) in [7, 11) is -4.44. The monoisotopic (exact) mass is 418 g/mol. The van der Waals surface area contributed by atoms with Crippen LogP contribution in [0.3, 0.4) is 0 Å². The van der Waals surface area contributed by atoms with Crippen molar-refractivity contribution >= 4 is 15.9 Å². The van der Waals surface area contributed by atoms with E-state index < -0.39 is 38.6 Å². The third-order valence-electron chi connectivity index (χ3n) is 5.49. The van der Waals surface area contributed by atoms with Crippen molar-refractivity contribution in [3.8, 4) is 0 Å². The number of sulfonamides is 1. The summed E-state index contributed by atoms with van der Waals surface area (Å²) in [6.45, 7) is 0.0390. The highest BCUT2D eigenvalue weighted by atomic mass is 32.2. The van der Waals surface area contributed by atoms with Crippen molar-refractivity contribution in [2.75, 3.05) is 6.54 Å². The van der Waals surface area contributed by atoms with Gasteiger partial charge in [-0.3, -0.25) is 4.79 Å². The second kappa shape index (κ2) is 8.41. The van der Waals surface area contributed by atoms with Crippen LogP contribution in [0.5, 0.6) is 0 Å². The predicted octanol–water partition coefficient (Wildman–Crippen LogP) is 3.70. The first-order valence-corrected chi connectivity index (χ1v) is 11.1. The molecule has 1 aromatic rings. The lowest BCUT2D eigenvalue weighted by molar-refractivity contribution is -0.139. The van der Waals surface area contributed by atoms with E-state index in [4.69, 9.17) is 0 Å². The van der Waals surface area contributed by atoms with Gasteiger partial charge in [-0.1, -0.05) is 37.8 Å². The van der Waals surface area contributed by atoms with Gasteiger partial charge < -0.3 is 5.32 Å². The quantitative estimate of drug-likeness (QED) is 0.759. The smallest absolute Gasteiger partial charge is 0.352 e. The van der Waals surface area contributed by atoms with E-state index in [0.29, 0.717) is 12.8 Å². The Morgan fingerprint density at radius 2 is 1.64 bits per heavy atom. The molecule has 5 nitrogen and oxygen atoms in total. The number of alkyl halides is 3. The fraction of sp³-hybridized carbons (Fsp3) is 0.632. The Kier molecular flexibility index (Phi) is 6.34. The molecule has 0 unspecified atom stereocenters. The standard InChI is InChI=1S/C19H25F3N2O3S/c20-19(21,22)15-10-5-6-12-17(15)28(26,27)24-13-7-11-16(24)18(25)23-14-8-3-1-2-4-9-14/h5-6,10,12,14,16H,1-4,7-9,11,13H2,(H,23,25)/t16-/m0/s1. The fourth-order valence-electron chi connectivity index (χ4n) is 4.06. The predicted molar refractivity (Wildman–Crippen MR) is 98.0 cm³/mol. The summed E-state index contributed by atoms with van der Waals surface area (Å²) in [4.78, 5) is 12.0. The Balaban J connectivity index is 1.83. The van der Waals surface area contributed by atoms with E-state index in [2.05, 4.69) is 5.32 Å². The number of rotatable bonds is 4. The normalized spacial score (nSPS) is 22.8. The number of carbonyl (C=O) groups is 1. The Morgan fingerprint density at radius 1 is 1.00 bits per heavy atom. The Morgan fingerprint density at radius 3 is 2.29 bits per heavy atom.